The molecule has 1 N–H and O–H groups in total. The van der Waals surface area contributed by atoms with Crippen molar-refractivity contribution in [2.24, 2.45) is 0 Å². The fraction of sp³-hybridized carbons (Fsp3) is 0.647. The minimum absolute atomic E-state index is 0.524. The number of hydrogen-bond acceptors (Lipinski definition) is 2. The number of rotatable bonds is 5. The van der Waals surface area contributed by atoms with Gasteiger partial charge in [0.05, 0.1) is 0 Å². The quantitative estimate of drug-likeness (QED) is 0.836. The highest BCUT2D eigenvalue weighted by molar-refractivity contribution is 7.99. The summed E-state index contributed by atoms with van der Waals surface area (Å²) in [6.45, 7) is 4.44. The normalized spacial score (nSPS) is 25.2. The Morgan fingerprint density at radius 1 is 1.16 bits per heavy atom. The molecule has 0 amide bonds. The van der Waals surface area contributed by atoms with Gasteiger partial charge in [0.15, 0.2) is 0 Å². The second kappa shape index (κ2) is 7.35. The van der Waals surface area contributed by atoms with Crippen LogP contribution < -0.4 is 5.32 Å². The van der Waals surface area contributed by atoms with Crippen molar-refractivity contribution in [2.45, 2.75) is 63.3 Å². The number of hydrogen-bond donors (Lipinski definition) is 1. The molecule has 2 heteroatoms. The number of thioether (sulfide) groups is 1. The Morgan fingerprint density at radius 3 is 2.32 bits per heavy atom. The average molecular weight is 277 g/mol. The van der Waals surface area contributed by atoms with Gasteiger partial charge in [-0.25, -0.2) is 0 Å². The van der Waals surface area contributed by atoms with Gasteiger partial charge in [-0.2, -0.15) is 11.8 Å². The number of nitrogens with one attached hydrogen (secondary N) is 1. The second-order valence-corrected chi connectivity index (χ2v) is 6.89. The van der Waals surface area contributed by atoms with Gasteiger partial charge in [-0.05, 0) is 50.8 Å². The zero-order chi connectivity index (χ0) is 13.7. The van der Waals surface area contributed by atoms with Crippen molar-refractivity contribution < 1.29 is 0 Å². The van der Waals surface area contributed by atoms with Gasteiger partial charge < -0.3 is 5.32 Å². The van der Waals surface area contributed by atoms with Gasteiger partial charge in [0.1, 0.15) is 0 Å². The summed E-state index contributed by atoms with van der Waals surface area (Å²) >= 11 is 2.04. The molecule has 1 atom stereocenters. The van der Waals surface area contributed by atoms with Gasteiger partial charge in [0, 0.05) is 17.3 Å². The molecule has 1 saturated carbocycles. The molecule has 0 aromatic heterocycles. The minimum Gasteiger partial charge on any atom is -0.307 e. The van der Waals surface area contributed by atoms with Crippen molar-refractivity contribution in [2.75, 3.05) is 6.26 Å². The molecule has 1 aliphatic carbocycles. The Hall–Kier alpha value is -0.470. The molecule has 2 rings (SSSR count). The van der Waals surface area contributed by atoms with Crippen molar-refractivity contribution >= 4 is 11.8 Å². The summed E-state index contributed by atoms with van der Waals surface area (Å²) in [6.07, 6.45) is 8.86. The fourth-order valence-electron chi connectivity index (χ4n) is 3.00. The zero-order valence-corrected chi connectivity index (χ0v) is 13.3. The third kappa shape index (κ3) is 4.25. The van der Waals surface area contributed by atoms with Crippen molar-refractivity contribution in [3.63, 3.8) is 0 Å². The number of benzene rings is 1. The van der Waals surface area contributed by atoms with Crippen molar-refractivity contribution in [1.82, 2.24) is 5.32 Å². The maximum atomic E-state index is 3.88. The molecular formula is C17H27NS. The number of aryl methyl sites for hydroxylation is 1. The summed E-state index contributed by atoms with van der Waals surface area (Å²) in [7, 11) is 0. The zero-order valence-electron chi connectivity index (χ0n) is 12.5. The molecule has 106 valence electrons. The maximum Gasteiger partial charge on any atom is 0.0320 e. The van der Waals surface area contributed by atoms with E-state index in [0.717, 1.165) is 11.3 Å². The first-order valence-corrected chi connectivity index (χ1v) is 8.87. The standard InChI is InChI=1S/C17H27NS/c1-4-17(14-7-5-13(2)6-8-14)18-15-9-11-16(19-3)12-10-15/h5-8,15-18H,4,9-12H2,1-3H3. The van der Waals surface area contributed by atoms with E-state index < -0.39 is 0 Å². The van der Waals surface area contributed by atoms with E-state index in [4.69, 9.17) is 0 Å². The predicted molar refractivity (Wildman–Crippen MR) is 86.9 cm³/mol. The van der Waals surface area contributed by atoms with Crippen molar-refractivity contribution in [3.8, 4) is 0 Å². The summed E-state index contributed by atoms with van der Waals surface area (Å²) < 4.78 is 0. The lowest BCUT2D eigenvalue weighted by Gasteiger charge is -2.31. The Morgan fingerprint density at radius 2 is 1.79 bits per heavy atom. The lowest BCUT2D eigenvalue weighted by Crippen LogP contribution is -2.36. The lowest BCUT2D eigenvalue weighted by atomic mass is 9.93. The van der Waals surface area contributed by atoms with Crippen molar-refractivity contribution in [1.29, 1.82) is 0 Å². The van der Waals surface area contributed by atoms with Crippen LogP contribution in [0, 0.1) is 6.92 Å². The third-order valence-electron chi connectivity index (χ3n) is 4.33. The molecule has 1 aromatic rings. The molecule has 0 spiro atoms. The largest absolute Gasteiger partial charge is 0.307 e. The van der Waals surface area contributed by atoms with E-state index in [0.29, 0.717) is 6.04 Å². The van der Waals surface area contributed by atoms with Gasteiger partial charge in [-0.1, -0.05) is 36.8 Å². The first-order valence-electron chi connectivity index (χ1n) is 7.58. The minimum atomic E-state index is 0.524. The molecule has 0 bridgehead atoms. The highest BCUT2D eigenvalue weighted by Gasteiger charge is 2.22. The summed E-state index contributed by atoms with van der Waals surface area (Å²) in [5.74, 6) is 0. The van der Waals surface area contributed by atoms with Crippen LogP contribution in [0.25, 0.3) is 0 Å². The highest BCUT2D eigenvalue weighted by Crippen LogP contribution is 2.29. The van der Waals surface area contributed by atoms with Crippen LogP contribution >= 0.6 is 11.8 Å². The van der Waals surface area contributed by atoms with Gasteiger partial charge in [0.25, 0.3) is 0 Å². The fourth-order valence-corrected chi connectivity index (χ4v) is 3.74. The van der Waals surface area contributed by atoms with E-state index >= 15 is 0 Å². The Bertz CT molecular complexity index is 365. The molecule has 1 fully saturated rings. The maximum absolute atomic E-state index is 3.88. The highest BCUT2D eigenvalue weighted by atomic mass is 32.2. The van der Waals surface area contributed by atoms with Gasteiger partial charge in [0.2, 0.25) is 0 Å². The first-order chi connectivity index (χ1) is 9.22. The Kier molecular flexibility index (Phi) is 5.77. The molecule has 0 radical (unpaired) electrons. The van der Waals surface area contributed by atoms with E-state index in [1.807, 2.05) is 11.8 Å². The van der Waals surface area contributed by atoms with E-state index in [-0.39, 0.29) is 0 Å². The molecule has 0 aliphatic heterocycles. The van der Waals surface area contributed by atoms with Gasteiger partial charge in [-0.3, -0.25) is 0 Å². The Labute approximate surface area is 122 Å². The third-order valence-corrected chi connectivity index (χ3v) is 5.47. The van der Waals surface area contributed by atoms with E-state index in [1.165, 1.54) is 43.2 Å². The molecule has 19 heavy (non-hydrogen) atoms. The molecule has 0 heterocycles. The molecular weight excluding hydrogens is 250 g/mol. The first kappa shape index (κ1) is 14.9. The summed E-state index contributed by atoms with van der Waals surface area (Å²) in [6, 6.07) is 10.3. The van der Waals surface area contributed by atoms with Crippen LogP contribution in [-0.4, -0.2) is 17.5 Å². The monoisotopic (exact) mass is 277 g/mol. The topological polar surface area (TPSA) is 12.0 Å². The summed E-state index contributed by atoms with van der Waals surface area (Å²) in [5.41, 5.74) is 2.79. The van der Waals surface area contributed by atoms with E-state index in [9.17, 15) is 0 Å². The van der Waals surface area contributed by atoms with Crippen molar-refractivity contribution in [3.05, 3.63) is 35.4 Å². The predicted octanol–water partition coefficient (Wildman–Crippen LogP) is 4.71. The van der Waals surface area contributed by atoms with Crippen LogP contribution in [-0.2, 0) is 0 Å². The summed E-state index contributed by atoms with van der Waals surface area (Å²) in [5, 5.41) is 4.78. The van der Waals surface area contributed by atoms with E-state index in [2.05, 4.69) is 49.7 Å². The molecule has 1 aromatic carbocycles. The van der Waals surface area contributed by atoms with E-state index in [1.54, 1.807) is 0 Å². The van der Waals surface area contributed by atoms with Gasteiger partial charge >= 0.3 is 0 Å². The van der Waals surface area contributed by atoms with Crippen LogP contribution in [0.5, 0.6) is 0 Å². The molecule has 1 nitrogen and oxygen atoms in total. The lowest BCUT2D eigenvalue weighted by molar-refractivity contribution is 0.339. The molecule has 0 saturated heterocycles. The second-order valence-electron chi connectivity index (χ2n) is 5.75. The molecule has 1 aliphatic rings. The van der Waals surface area contributed by atoms with Crippen LogP contribution in [0.4, 0.5) is 0 Å². The summed E-state index contributed by atoms with van der Waals surface area (Å²) in [4.78, 5) is 0. The molecule has 1 unspecified atom stereocenters. The van der Waals surface area contributed by atoms with Crippen LogP contribution in [0.1, 0.15) is 56.2 Å². The smallest absolute Gasteiger partial charge is 0.0320 e. The van der Waals surface area contributed by atoms with Crippen LogP contribution in [0.15, 0.2) is 24.3 Å². The average Bonchev–Trinajstić information content (AvgIpc) is 2.46. The van der Waals surface area contributed by atoms with Gasteiger partial charge in [-0.15, -0.1) is 0 Å². The SMILES string of the molecule is CCC(NC1CCC(SC)CC1)c1ccc(C)cc1. The van der Waals surface area contributed by atoms with Crippen LogP contribution in [0.2, 0.25) is 0 Å². The van der Waals surface area contributed by atoms with Crippen LogP contribution in [0.3, 0.4) is 0 Å². The Balaban J connectivity index is 1.91.